The molecule has 0 fully saturated rings. The fourth-order valence-corrected chi connectivity index (χ4v) is 4.49. The van der Waals surface area contributed by atoms with E-state index in [1.807, 2.05) is 44.2 Å². The first-order valence-corrected chi connectivity index (χ1v) is 11.7. The number of carbonyl (C=O) groups is 1. The summed E-state index contributed by atoms with van der Waals surface area (Å²) in [7, 11) is 0. The molecule has 1 aromatic heterocycles. The second-order valence-corrected chi connectivity index (χ2v) is 8.28. The molecule has 33 heavy (non-hydrogen) atoms. The summed E-state index contributed by atoms with van der Waals surface area (Å²) >= 11 is 1.39. The van der Waals surface area contributed by atoms with Gasteiger partial charge in [0.15, 0.2) is 0 Å². The van der Waals surface area contributed by atoms with Crippen LogP contribution in [0.3, 0.4) is 0 Å². The summed E-state index contributed by atoms with van der Waals surface area (Å²) in [5.41, 5.74) is 2.71. The Morgan fingerprint density at radius 3 is 2.76 bits per heavy atom. The predicted octanol–water partition coefficient (Wildman–Crippen LogP) is 4.96. The van der Waals surface area contributed by atoms with Crippen LogP contribution in [0, 0.1) is 5.82 Å². The zero-order valence-corrected chi connectivity index (χ0v) is 19.5. The van der Waals surface area contributed by atoms with E-state index >= 15 is 0 Å². The summed E-state index contributed by atoms with van der Waals surface area (Å²) in [4.78, 5) is 17.6. The average molecular weight is 469 g/mol. The molecule has 1 aliphatic rings. The number of halogens is 1. The monoisotopic (exact) mass is 468 g/mol. The Labute approximate surface area is 196 Å². The van der Waals surface area contributed by atoms with Crippen molar-refractivity contribution < 1.29 is 18.7 Å². The molecule has 7 nitrogen and oxygen atoms in total. The molecule has 0 saturated heterocycles. The van der Waals surface area contributed by atoms with Crippen molar-refractivity contribution in [3.8, 4) is 5.75 Å². The number of benzene rings is 2. The van der Waals surface area contributed by atoms with Gasteiger partial charge in [-0.15, -0.1) is 5.10 Å². The summed E-state index contributed by atoms with van der Waals surface area (Å²) in [6, 6.07) is 13.4. The quantitative estimate of drug-likeness (QED) is 0.370. The fraction of sp³-hybridized carbons (Fsp3) is 0.292. The van der Waals surface area contributed by atoms with Crippen molar-refractivity contribution in [2.75, 3.05) is 18.5 Å². The van der Waals surface area contributed by atoms with Gasteiger partial charge in [-0.05, 0) is 44.5 Å². The van der Waals surface area contributed by atoms with Gasteiger partial charge in [-0.25, -0.2) is 13.9 Å². The maximum atomic E-state index is 13.5. The molecule has 4 rings (SSSR count). The lowest BCUT2D eigenvalue weighted by molar-refractivity contribution is -0.139. The Balaban J connectivity index is 1.73. The molecule has 0 spiro atoms. The number of fused-ring (bicyclic) bond motifs is 1. The number of nitrogens with one attached hydrogen (secondary N) is 1. The molecule has 1 N–H and O–H groups in total. The van der Waals surface area contributed by atoms with E-state index in [-0.39, 0.29) is 12.4 Å². The molecule has 0 saturated carbocycles. The van der Waals surface area contributed by atoms with Crippen LogP contribution in [-0.2, 0) is 15.3 Å². The van der Waals surface area contributed by atoms with Crippen LogP contribution in [0.25, 0.3) is 0 Å². The van der Waals surface area contributed by atoms with Crippen molar-refractivity contribution in [1.82, 2.24) is 14.8 Å². The van der Waals surface area contributed by atoms with E-state index in [1.165, 1.54) is 23.9 Å². The lowest BCUT2D eigenvalue weighted by atomic mass is 9.95. The molecule has 1 aliphatic heterocycles. The van der Waals surface area contributed by atoms with Gasteiger partial charge in [0.2, 0.25) is 11.1 Å². The summed E-state index contributed by atoms with van der Waals surface area (Å²) in [6.45, 7) is 6.25. The fourth-order valence-electron chi connectivity index (χ4n) is 3.72. The molecule has 0 radical (unpaired) electrons. The summed E-state index contributed by atoms with van der Waals surface area (Å²) in [5.74, 6) is 0.987. The number of hydrogen-bond donors (Lipinski definition) is 1. The lowest BCUT2D eigenvalue weighted by Gasteiger charge is -2.29. The van der Waals surface area contributed by atoms with Crippen LogP contribution >= 0.6 is 11.8 Å². The van der Waals surface area contributed by atoms with Crippen LogP contribution in [0.1, 0.15) is 37.9 Å². The van der Waals surface area contributed by atoms with E-state index in [0.717, 1.165) is 11.1 Å². The molecule has 1 atom stereocenters. The largest absolute Gasteiger partial charge is 0.494 e. The number of allylic oxidation sites excluding steroid dienone is 1. The van der Waals surface area contributed by atoms with E-state index < -0.39 is 12.0 Å². The highest BCUT2D eigenvalue weighted by Crippen LogP contribution is 2.40. The SMILES string of the molecule is CCOC(=O)C1=C(C)Nc2nc(SCc3cccc(F)c3)nn2C1c1ccccc1OCC. The number of esters is 1. The number of carbonyl (C=O) groups excluding carboxylic acids is 1. The van der Waals surface area contributed by atoms with E-state index in [1.54, 1.807) is 17.7 Å². The number of ether oxygens (including phenoxy) is 2. The van der Waals surface area contributed by atoms with Gasteiger partial charge in [0.05, 0.1) is 18.8 Å². The third kappa shape index (κ3) is 4.88. The molecule has 0 amide bonds. The van der Waals surface area contributed by atoms with Gasteiger partial charge >= 0.3 is 5.97 Å². The topological polar surface area (TPSA) is 78.3 Å². The van der Waals surface area contributed by atoms with Crippen LogP contribution in [0.2, 0.25) is 0 Å². The standard InChI is InChI=1S/C24H25FN4O3S/c1-4-31-19-12-7-6-11-18(19)21-20(22(30)32-5-2)15(3)26-23-27-24(28-29(21)23)33-14-16-9-8-10-17(25)13-16/h6-13,21H,4-5,14H2,1-3H3,(H,26,27,28). The number of thioether (sulfide) groups is 1. The van der Waals surface area contributed by atoms with Crippen LogP contribution in [0.5, 0.6) is 5.75 Å². The van der Waals surface area contributed by atoms with Crippen molar-refractivity contribution in [2.24, 2.45) is 0 Å². The first kappa shape index (κ1) is 22.8. The van der Waals surface area contributed by atoms with Gasteiger partial charge in [-0.1, -0.05) is 42.1 Å². The second kappa shape index (κ2) is 10.1. The molecule has 9 heteroatoms. The van der Waals surface area contributed by atoms with Crippen molar-refractivity contribution in [3.05, 3.63) is 76.7 Å². The predicted molar refractivity (Wildman–Crippen MR) is 125 cm³/mol. The molecule has 1 unspecified atom stereocenters. The van der Waals surface area contributed by atoms with Gasteiger partial charge in [-0.3, -0.25) is 0 Å². The Kier molecular flexibility index (Phi) is 6.98. The minimum Gasteiger partial charge on any atom is -0.494 e. The first-order valence-electron chi connectivity index (χ1n) is 10.7. The highest BCUT2D eigenvalue weighted by atomic mass is 32.2. The zero-order chi connectivity index (χ0) is 23.4. The Bertz CT molecular complexity index is 1190. The van der Waals surface area contributed by atoms with Gasteiger partial charge in [0, 0.05) is 17.0 Å². The highest BCUT2D eigenvalue weighted by molar-refractivity contribution is 7.98. The number of hydrogen-bond acceptors (Lipinski definition) is 7. The third-order valence-electron chi connectivity index (χ3n) is 5.10. The number of nitrogens with zero attached hydrogens (tertiary/aromatic N) is 3. The van der Waals surface area contributed by atoms with Crippen molar-refractivity contribution >= 4 is 23.7 Å². The Hall–Kier alpha value is -3.33. The zero-order valence-electron chi connectivity index (χ0n) is 18.7. The number of aromatic nitrogens is 3. The third-order valence-corrected chi connectivity index (χ3v) is 6.01. The van der Waals surface area contributed by atoms with Crippen molar-refractivity contribution in [2.45, 2.75) is 37.7 Å². The molecule has 2 aromatic carbocycles. The van der Waals surface area contributed by atoms with E-state index in [0.29, 0.717) is 40.5 Å². The van der Waals surface area contributed by atoms with Crippen LogP contribution in [0.15, 0.2) is 65.0 Å². The minimum atomic E-state index is -0.570. The Morgan fingerprint density at radius 2 is 2.00 bits per heavy atom. The van der Waals surface area contributed by atoms with Gasteiger partial charge in [0.25, 0.3) is 0 Å². The molecule has 3 aromatic rings. The maximum Gasteiger partial charge on any atom is 0.338 e. The van der Waals surface area contributed by atoms with Crippen LogP contribution in [0.4, 0.5) is 10.3 Å². The maximum absolute atomic E-state index is 13.5. The van der Waals surface area contributed by atoms with E-state index in [9.17, 15) is 9.18 Å². The van der Waals surface area contributed by atoms with Gasteiger partial charge < -0.3 is 14.8 Å². The smallest absolute Gasteiger partial charge is 0.338 e. The van der Waals surface area contributed by atoms with E-state index in [2.05, 4.69) is 15.4 Å². The van der Waals surface area contributed by atoms with Crippen LogP contribution in [-0.4, -0.2) is 33.9 Å². The summed E-state index contributed by atoms with van der Waals surface area (Å²) in [5, 5.41) is 8.38. The molecular weight excluding hydrogens is 443 g/mol. The average Bonchev–Trinajstić information content (AvgIpc) is 3.20. The number of anilines is 1. The van der Waals surface area contributed by atoms with Crippen LogP contribution < -0.4 is 10.1 Å². The molecule has 0 aliphatic carbocycles. The van der Waals surface area contributed by atoms with Gasteiger partial charge in [-0.2, -0.15) is 4.98 Å². The number of para-hydroxylation sites is 1. The number of rotatable bonds is 8. The normalized spacial score (nSPS) is 15.1. The second-order valence-electron chi connectivity index (χ2n) is 7.34. The molecule has 172 valence electrons. The Morgan fingerprint density at radius 1 is 1.18 bits per heavy atom. The van der Waals surface area contributed by atoms with E-state index in [4.69, 9.17) is 9.47 Å². The van der Waals surface area contributed by atoms with Crippen molar-refractivity contribution in [1.29, 1.82) is 0 Å². The molecule has 2 heterocycles. The summed E-state index contributed by atoms with van der Waals surface area (Å²) in [6.07, 6.45) is 0. The van der Waals surface area contributed by atoms with Crippen molar-refractivity contribution in [3.63, 3.8) is 0 Å². The first-order chi connectivity index (χ1) is 16.0. The lowest BCUT2D eigenvalue weighted by Crippen LogP contribution is -2.30. The summed E-state index contributed by atoms with van der Waals surface area (Å²) < 4.78 is 26.4. The molecular formula is C24H25FN4O3S. The minimum absolute atomic E-state index is 0.258. The highest BCUT2D eigenvalue weighted by Gasteiger charge is 2.36. The van der Waals surface area contributed by atoms with Gasteiger partial charge in [0.1, 0.15) is 17.6 Å². The molecule has 0 bridgehead atoms.